The van der Waals surface area contributed by atoms with Crippen LogP contribution in [0.25, 0.3) is 11.3 Å². The first kappa shape index (κ1) is 21.8. The number of hydrogen-bond acceptors (Lipinski definition) is 7. The van der Waals surface area contributed by atoms with Gasteiger partial charge in [0, 0.05) is 16.5 Å². The number of aromatic nitrogens is 1. The molecule has 0 saturated carbocycles. The lowest BCUT2D eigenvalue weighted by Crippen LogP contribution is -2.34. The number of thiazole rings is 1. The van der Waals surface area contributed by atoms with Gasteiger partial charge in [-0.15, -0.1) is 11.3 Å². The number of carbonyl (C=O) groups excluding carboxylic acids is 1. The van der Waals surface area contributed by atoms with Crippen molar-refractivity contribution in [1.29, 1.82) is 0 Å². The Bertz CT molecular complexity index is 1090. The average Bonchev–Trinajstić information content (AvgIpc) is 3.21. The van der Waals surface area contributed by atoms with Crippen molar-refractivity contribution in [3.05, 3.63) is 52.4 Å². The summed E-state index contributed by atoms with van der Waals surface area (Å²) in [4.78, 5) is 16.9. The molecule has 0 bridgehead atoms. The molecule has 2 aromatic carbocycles. The van der Waals surface area contributed by atoms with Crippen LogP contribution in [0.1, 0.15) is 10.4 Å². The summed E-state index contributed by atoms with van der Waals surface area (Å²) in [6, 6.07) is 10.3. The van der Waals surface area contributed by atoms with Crippen LogP contribution in [-0.4, -0.2) is 37.3 Å². The number of rotatable bonds is 6. The summed E-state index contributed by atoms with van der Waals surface area (Å²) in [5.41, 5.74) is 1.95. The van der Waals surface area contributed by atoms with E-state index < -0.39 is 5.91 Å². The summed E-state index contributed by atoms with van der Waals surface area (Å²) in [6.07, 6.45) is 0. The Kier molecular flexibility index (Phi) is 7.09. The van der Waals surface area contributed by atoms with Crippen molar-refractivity contribution in [3.8, 4) is 28.5 Å². The fourth-order valence-electron chi connectivity index (χ4n) is 2.57. The van der Waals surface area contributed by atoms with Crippen LogP contribution in [0.5, 0.6) is 17.2 Å². The molecule has 1 aromatic heterocycles. The molecule has 0 spiro atoms. The normalized spacial score (nSPS) is 10.3. The minimum atomic E-state index is -0.395. The molecule has 0 saturated heterocycles. The molecule has 0 fully saturated rings. The van der Waals surface area contributed by atoms with Gasteiger partial charge in [0.2, 0.25) is 0 Å². The van der Waals surface area contributed by atoms with E-state index >= 15 is 0 Å². The highest BCUT2D eigenvalue weighted by Crippen LogP contribution is 2.33. The topological polar surface area (TPSA) is 81.7 Å². The van der Waals surface area contributed by atoms with E-state index in [1.165, 1.54) is 24.5 Å². The SMILES string of the molecule is COc1ccc(C(=O)NC(=S)Nc2nc(-c3ccc(OC)c(OC)c3)cs2)cc1Cl. The highest BCUT2D eigenvalue weighted by Gasteiger charge is 2.13. The maximum atomic E-state index is 12.4. The molecule has 1 amide bonds. The van der Waals surface area contributed by atoms with Crippen molar-refractivity contribution >= 4 is 51.3 Å². The fraction of sp³-hybridized carbons (Fsp3) is 0.150. The number of ether oxygens (including phenoxy) is 3. The third-order valence-corrected chi connectivity index (χ3v) is 5.30. The molecule has 0 aliphatic carbocycles. The van der Waals surface area contributed by atoms with E-state index in [1.54, 1.807) is 26.4 Å². The molecule has 0 aliphatic heterocycles. The minimum Gasteiger partial charge on any atom is -0.495 e. The molecule has 7 nitrogen and oxygen atoms in total. The third-order valence-electron chi connectivity index (χ3n) is 4.04. The predicted molar refractivity (Wildman–Crippen MR) is 122 cm³/mol. The third kappa shape index (κ3) is 4.99. The van der Waals surface area contributed by atoms with Crippen molar-refractivity contribution in [3.63, 3.8) is 0 Å². The molecule has 30 heavy (non-hydrogen) atoms. The lowest BCUT2D eigenvalue weighted by atomic mass is 10.1. The van der Waals surface area contributed by atoms with Crippen molar-refractivity contribution < 1.29 is 19.0 Å². The van der Waals surface area contributed by atoms with Gasteiger partial charge in [-0.25, -0.2) is 4.98 Å². The summed E-state index contributed by atoms with van der Waals surface area (Å²) >= 11 is 12.6. The number of hydrogen-bond donors (Lipinski definition) is 2. The largest absolute Gasteiger partial charge is 0.495 e. The Labute approximate surface area is 187 Å². The Morgan fingerprint density at radius 1 is 1.03 bits per heavy atom. The molecule has 156 valence electrons. The van der Waals surface area contributed by atoms with Gasteiger partial charge in [0.1, 0.15) is 5.75 Å². The highest BCUT2D eigenvalue weighted by atomic mass is 35.5. The summed E-state index contributed by atoms with van der Waals surface area (Å²) < 4.78 is 15.7. The Morgan fingerprint density at radius 3 is 2.40 bits per heavy atom. The first-order valence-corrected chi connectivity index (χ1v) is 10.3. The summed E-state index contributed by atoms with van der Waals surface area (Å²) in [7, 11) is 4.66. The standard InChI is InChI=1S/C20H18ClN3O4S2/c1-26-15-6-5-12(8-13(15)21)18(25)23-19(29)24-20-22-14(10-30-20)11-4-7-16(27-2)17(9-11)28-3/h4-10H,1-3H3,(H2,22,23,24,25,29). The molecular weight excluding hydrogens is 446 g/mol. The second-order valence-corrected chi connectivity index (χ2v) is 7.54. The molecule has 0 radical (unpaired) electrons. The summed E-state index contributed by atoms with van der Waals surface area (Å²) in [5.74, 6) is 1.34. The lowest BCUT2D eigenvalue weighted by molar-refractivity contribution is 0.0977. The van der Waals surface area contributed by atoms with Crippen molar-refractivity contribution in [1.82, 2.24) is 10.3 Å². The molecule has 3 rings (SSSR count). The van der Waals surface area contributed by atoms with Crippen LogP contribution in [0.15, 0.2) is 41.8 Å². The van der Waals surface area contributed by atoms with Crippen LogP contribution in [0.2, 0.25) is 5.02 Å². The number of carbonyl (C=O) groups is 1. The minimum absolute atomic E-state index is 0.125. The molecular formula is C20H18ClN3O4S2. The highest BCUT2D eigenvalue weighted by molar-refractivity contribution is 7.80. The molecule has 0 atom stereocenters. The molecule has 10 heteroatoms. The van der Waals surface area contributed by atoms with Crippen LogP contribution in [0, 0.1) is 0 Å². The van der Waals surface area contributed by atoms with Gasteiger partial charge in [0.15, 0.2) is 21.7 Å². The maximum absolute atomic E-state index is 12.4. The van der Waals surface area contributed by atoms with Crippen LogP contribution in [-0.2, 0) is 0 Å². The number of thiocarbonyl (C=S) groups is 1. The Balaban J connectivity index is 1.66. The van der Waals surface area contributed by atoms with Crippen LogP contribution >= 0.6 is 35.2 Å². The van der Waals surface area contributed by atoms with Crippen LogP contribution < -0.4 is 24.8 Å². The number of amides is 1. The number of halogens is 1. The number of benzene rings is 2. The second-order valence-electron chi connectivity index (χ2n) is 5.87. The first-order valence-electron chi connectivity index (χ1n) is 8.59. The van der Waals surface area contributed by atoms with E-state index in [0.717, 1.165) is 11.3 Å². The summed E-state index contributed by atoms with van der Waals surface area (Å²) in [5, 5.41) is 8.39. The maximum Gasteiger partial charge on any atom is 0.257 e. The van der Waals surface area contributed by atoms with Gasteiger partial charge in [-0.3, -0.25) is 10.1 Å². The summed E-state index contributed by atoms with van der Waals surface area (Å²) in [6.45, 7) is 0. The number of nitrogens with zero attached hydrogens (tertiary/aromatic N) is 1. The Morgan fingerprint density at radius 2 is 1.73 bits per heavy atom. The van der Waals surface area contributed by atoms with Gasteiger partial charge in [-0.05, 0) is 48.6 Å². The van der Waals surface area contributed by atoms with E-state index in [4.69, 9.17) is 38.0 Å². The van der Waals surface area contributed by atoms with Gasteiger partial charge >= 0.3 is 0 Å². The monoisotopic (exact) mass is 463 g/mol. The van der Waals surface area contributed by atoms with Gasteiger partial charge in [-0.1, -0.05) is 11.6 Å². The molecule has 1 heterocycles. The number of anilines is 1. The van der Waals surface area contributed by atoms with E-state index in [-0.39, 0.29) is 5.11 Å². The molecule has 0 unspecified atom stereocenters. The Hall–Kier alpha value is -2.88. The van der Waals surface area contributed by atoms with Gasteiger partial charge in [-0.2, -0.15) is 0 Å². The smallest absolute Gasteiger partial charge is 0.257 e. The second kappa shape index (κ2) is 9.75. The van der Waals surface area contributed by atoms with E-state index in [2.05, 4.69) is 15.6 Å². The zero-order valence-corrected chi connectivity index (χ0v) is 18.7. The van der Waals surface area contributed by atoms with E-state index in [9.17, 15) is 4.79 Å². The molecule has 0 aliphatic rings. The van der Waals surface area contributed by atoms with Gasteiger partial charge in [0.25, 0.3) is 5.91 Å². The van der Waals surface area contributed by atoms with E-state index in [0.29, 0.717) is 33.0 Å². The zero-order valence-electron chi connectivity index (χ0n) is 16.3. The van der Waals surface area contributed by atoms with Crippen molar-refractivity contribution in [2.24, 2.45) is 0 Å². The van der Waals surface area contributed by atoms with Crippen LogP contribution in [0.4, 0.5) is 5.13 Å². The quantitative estimate of drug-likeness (QED) is 0.516. The molecule has 2 N–H and O–H groups in total. The molecule has 3 aromatic rings. The zero-order chi connectivity index (χ0) is 21.7. The van der Waals surface area contributed by atoms with Gasteiger partial charge < -0.3 is 19.5 Å². The first-order chi connectivity index (χ1) is 14.4. The average molecular weight is 464 g/mol. The lowest BCUT2D eigenvalue weighted by Gasteiger charge is -2.09. The fourth-order valence-corrected chi connectivity index (χ4v) is 3.81. The number of nitrogens with one attached hydrogen (secondary N) is 2. The number of methoxy groups -OCH3 is 3. The van der Waals surface area contributed by atoms with Crippen LogP contribution in [0.3, 0.4) is 0 Å². The van der Waals surface area contributed by atoms with E-state index in [1.807, 2.05) is 23.6 Å². The van der Waals surface area contributed by atoms with Crippen molar-refractivity contribution in [2.45, 2.75) is 0 Å². The van der Waals surface area contributed by atoms with Gasteiger partial charge in [0.05, 0.1) is 32.0 Å². The predicted octanol–water partition coefficient (Wildman–Crippen LogP) is 4.62. The van der Waals surface area contributed by atoms with Crippen molar-refractivity contribution in [2.75, 3.05) is 26.6 Å².